The summed E-state index contributed by atoms with van der Waals surface area (Å²) in [6.07, 6.45) is 5.26. The first-order valence-electron chi connectivity index (χ1n) is 22.7. The minimum Gasteiger partial charge on any atom is -0.506 e. The Labute approximate surface area is 374 Å². The number of carbonyl (C=O) groups excluding carboxylic acids is 3. The quantitative estimate of drug-likeness (QED) is 0.0722. The van der Waals surface area contributed by atoms with E-state index in [1.807, 2.05) is 76.5 Å². The van der Waals surface area contributed by atoms with Crippen molar-refractivity contribution >= 4 is 28.7 Å². The molecule has 5 heterocycles. The second-order valence-electron chi connectivity index (χ2n) is 17.9. The Bertz CT molecular complexity index is 2540. The zero-order valence-electron chi connectivity index (χ0n) is 36.3. The van der Waals surface area contributed by atoms with Gasteiger partial charge in [-0.25, -0.2) is 0 Å². The number of esters is 1. The van der Waals surface area contributed by atoms with E-state index in [0.29, 0.717) is 86.2 Å². The van der Waals surface area contributed by atoms with Crippen LogP contribution in [0.2, 0.25) is 0 Å². The number of rotatable bonds is 16. The van der Waals surface area contributed by atoms with Gasteiger partial charge in [-0.2, -0.15) is 5.26 Å². The standard InChI is InChI=1S/C52H57N5O7/c53-33-38-8-7-9-39(30-38)34-57(25-6-2-5-12-44(58)42-17-19-45(59)50-43(42)18-20-47(60)54-50)49(62)32-37-15-13-36(14-16-37)31-48(61)56-28-23-52(24-29-56,41-10-3-1-4-11-41)51(63)64-46-35-55-26-21-40(46)22-27-55/h1,3-4,7-11,13-20,30,40,44,46,58-59H,2,5-6,12,21-29,31-32,34-35H2,(H,54,60)/t44-,46-/m0/s1. The van der Waals surface area contributed by atoms with Crippen molar-refractivity contribution < 1.29 is 29.3 Å². The van der Waals surface area contributed by atoms with Crippen LogP contribution in [-0.4, -0.2) is 93.1 Å². The van der Waals surface area contributed by atoms with Crippen LogP contribution >= 0.6 is 0 Å². The number of nitrogens with zero attached hydrogens (tertiary/aromatic N) is 4. The Morgan fingerprint density at radius 1 is 0.844 bits per heavy atom. The number of phenolic OH excluding ortho intramolecular Hbond substituents is 1. The number of aliphatic hydroxyl groups excluding tert-OH is 1. The fraction of sp³-hybridized carbons (Fsp3) is 0.404. The van der Waals surface area contributed by atoms with Crippen LogP contribution in [0.4, 0.5) is 0 Å². The first-order valence-corrected chi connectivity index (χ1v) is 22.7. The fourth-order valence-corrected chi connectivity index (χ4v) is 9.92. The maximum Gasteiger partial charge on any atom is 0.317 e. The number of likely N-dealkylation sites (tertiary alicyclic amines) is 1. The first kappa shape index (κ1) is 44.3. The van der Waals surface area contributed by atoms with E-state index in [2.05, 4.69) is 16.0 Å². The highest BCUT2D eigenvalue weighted by molar-refractivity contribution is 5.87. The van der Waals surface area contributed by atoms with E-state index in [4.69, 9.17) is 4.74 Å². The lowest BCUT2D eigenvalue weighted by molar-refractivity contribution is -0.168. The number of piperidine rings is 4. The number of H-pyrrole nitrogens is 1. The molecule has 0 saturated carbocycles. The van der Waals surface area contributed by atoms with E-state index in [9.17, 15) is 34.7 Å². The van der Waals surface area contributed by atoms with Crippen molar-refractivity contribution in [3.05, 3.63) is 147 Å². The molecular weight excluding hydrogens is 807 g/mol. The van der Waals surface area contributed by atoms with Crippen molar-refractivity contribution in [1.82, 2.24) is 19.7 Å². The molecule has 64 heavy (non-hydrogen) atoms. The number of fused-ring (bicyclic) bond motifs is 4. The number of unbranched alkanes of at least 4 members (excludes halogenated alkanes) is 2. The summed E-state index contributed by atoms with van der Waals surface area (Å²) < 4.78 is 6.33. The number of hydrogen-bond donors (Lipinski definition) is 3. The molecule has 4 aliphatic heterocycles. The number of pyridine rings is 1. The molecule has 5 aromatic rings. The molecule has 3 N–H and O–H groups in total. The van der Waals surface area contributed by atoms with E-state index in [-0.39, 0.29) is 48.0 Å². The number of hydrogen-bond acceptors (Lipinski definition) is 9. The van der Waals surface area contributed by atoms with Crippen molar-refractivity contribution in [2.75, 3.05) is 39.3 Å². The number of aromatic amines is 1. The van der Waals surface area contributed by atoms with Gasteiger partial charge in [0, 0.05) is 44.2 Å². The molecule has 0 radical (unpaired) electrons. The van der Waals surface area contributed by atoms with Gasteiger partial charge in [0.15, 0.2) is 0 Å². The summed E-state index contributed by atoms with van der Waals surface area (Å²) in [6, 6.07) is 33.1. The van der Waals surface area contributed by atoms with E-state index >= 15 is 0 Å². The van der Waals surface area contributed by atoms with Gasteiger partial charge < -0.3 is 29.7 Å². The van der Waals surface area contributed by atoms with Crippen molar-refractivity contribution in [3.63, 3.8) is 0 Å². The maximum atomic E-state index is 14.1. The molecule has 2 amide bonds. The van der Waals surface area contributed by atoms with Gasteiger partial charge in [-0.15, -0.1) is 0 Å². The van der Waals surface area contributed by atoms with E-state index in [0.717, 1.165) is 61.2 Å². The summed E-state index contributed by atoms with van der Waals surface area (Å²) in [6.45, 7) is 4.71. The molecule has 4 fully saturated rings. The van der Waals surface area contributed by atoms with E-state index < -0.39 is 11.5 Å². The van der Waals surface area contributed by atoms with Crippen LogP contribution < -0.4 is 5.56 Å². The SMILES string of the molecule is N#Cc1cccc(CN(CCCCC[C@H](O)c2ccc(O)c3[nH]c(=O)ccc23)C(=O)Cc2ccc(CC(=O)N3CCC(C(=O)O[C@H]4CN5CCC4CC5)(c4ccccc4)CC3)cc2)c1. The Morgan fingerprint density at radius 3 is 2.28 bits per heavy atom. The third-order valence-electron chi connectivity index (χ3n) is 13.7. The van der Waals surface area contributed by atoms with Crippen LogP contribution in [-0.2, 0) is 43.9 Å². The second-order valence-corrected chi connectivity index (χ2v) is 17.9. The summed E-state index contributed by atoms with van der Waals surface area (Å²) in [7, 11) is 0. The first-order chi connectivity index (χ1) is 31.1. The van der Waals surface area contributed by atoms with Gasteiger partial charge in [-0.3, -0.25) is 24.1 Å². The number of nitriles is 1. The molecule has 4 saturated heterocycles. The number of aliphatic hydroxyl groups is 1. The van der Waals surface area contributed by atoms with Gasteiger partial charge in [-0.1, -0.05) is 85.6 Å². The lowest BCUT2D eigenvalue weighted by Gasteiger charge is -2.46. The highest BCUT2D eigenvalue weighted by atomic mass is 16.5. The Kier molecular flexibility index (Phi) is 13.9. The van der Waals surface area contributed by atoms with Gasteiger partial charge in [0.25, 0.3) is 0 Å². The molecule has 9 rings (SSSR count). The number of aromatic nitrogens is 1. The molecule has 0 unspecified atom stereocenters. The van der Waals surface area contributed by atoms with Gasteiger partial charge in [-0.05, 0) is 110 Å². The van der Waals surface area contributed by atoms with Gasteiger partial charge in [0.1, 0.15) is 11.9 Å². The summed E-state index contributed by atoms with van der Waals surface area (Å²) in [4.78, 5) is 62.2. The summed E-state index contributed by atoms with van der Waals surface area (Å²) in [5.41, 5.74) is 3.81. The highest BCUT2D eigenvalue weighted by Gasteiger charge is 2.47. The zero-order valence-corrected chi connectivity index (χ0v) is 36.3. The molecule has 0 spiro atoms. The lowest BCUT2D eigenvalue weighted by Crippen LogP contribution is -2.55. The van der Waals surface area contributed by atoms with Gasteiger partial charge in [0.2, 0.25) is 17.4 Å². The Hall–Kier alpha value is -6.29. The summed E-state index contributed by atoms with van der Waals surface area (Å²) >= 11 is 0. The average molecular weight is 864 g/mol. The van der Waals surface area contributed by atoms with Crippen LogP contribution in [0, 0.1) is 17.2 Å². The predicted octanol–water partition coefficient (Wildman–Crippen LogP) is 6.71. The van der Waals surface area contributed by atoms with Crippen LogP contribution in [0.25, 0.3) is 10.9 Å². The molecule has 2 atom stereocenters. The minimum atomic E-state index is -0.798. The fourth-order valence-electron chi connectivity index (χ4n) is 9.92. The highest BCUT2D eigenvalue weighted by Crippen LogP contribution is 2.39. The molecule has 4 aromatic carbocycles. The summed E-state index contributed by atoms with van der Waals surface area (Å²) in [5.74, 6) is 0.140. The van der Waals surface area contributed by atoms with Gasteiger partial charge >= 0.3 is 5.97 Å². The Morgan fingerprint density at radius 2 is 1.58 bits per heavy atom. The number of carbonyl (C=O) groups is 3. The second kappa shape index (κ2) is 20.0. The molecule has 12 nitrogen and oxygen atoms in total. The largest absolute Gasteiger partial charge is 0.506 e. The molecule has 4 aliphatic rings. The molecule has 12 heteroatoms. The number of phenols is 1. The van der Waals surface area contributed by atoms with Crippen molar-refractivity contribution in [2.45, 2.75) is 88.4 Å². The van der Waals surface area contributed by atoms with Gasteiger partial charge in [0.05, 0.1) is 41.5 Å². The number of nitrogens with one attached hydrogen (secondary N) is 1. The molecular formula is C52H57N5O7. The normalized spacial score (nSPS) is 19.4. The minimum absolute atomic E-state index is 0.00213. The molecule has 1 aromatic heterocycles. The van der Waals surface area contributed by atoms with E-state index in [1.165, 1.54) is 12.1 Å². The predicted molar refractivity (Wildman–Crippen MR) is 243 cm³/mol. The molecule has 332 valence electrons. The number of aromatic hydroxyl groups is 1. The lowest BCUT2D eigenvalue weighted by atomic mass is 9.72. The zero-order chi connectivity index (χ0) is 44.6. The maximum absolute atomic E-state index is 14.1. The topological polar surface area (TPSA) is 167 Å². The monoisotopic (exact) mass is 863 g/mol. The third kappa shape index (κ3) is 10.2. The average Bonchev–Trinajstić information content (AvgIpc) is 3.32. The van der Waals surface area contributed by atoms with Crippen molar-refractivity contribution in [3.8, 4) is 11.8 Å². The third-order valence-corrected chi connectivity index (χ3v) is 13.7. The Balaban J connectivity index is 0.851. The van der Waals surface area contributed by atoms with Crippen LogP contribution in [0.5, 0.6) is 5.75 Å². The molecule has 0 aliphatic carbocycles. The number of benzene rings is 4. The van der Waals surface area contributed by atoms with Crippen molar-refractivity contribution in [1.29, 1.82) is 5.26 Å². The van der Waals surface area contributed by atoms with Crippen LogP contribution in [0.3, 0.4) is 0 Å². The van der Waals surface area contributed by atoms with Crippen molar-refractivity contribution in [2.24, 2.45) is 5.92 Å². The smallest absolute Gasteiger partial charge is 0.317 e. The number of amides is 2. The number of ether oxygens (including phenoxy) is 1. The molecule has 2 bridgehead atoms. The van der Waals surface area contributed by atoms with Crippen LogP contribution in [0.1, 0.15) is 90.9 Å². The summed E-state index contributed by atoms with van der Waals surface area (Å²) in [5, 5.41) is 31.4. The van der Waals surface area contributed by atoms with E-state index in [1.54, 1.807) is 24.3 Å². The van der Waals surface area contributed by atoms with Crippen LogP contribution in [0.15, 0.2) is 108 Å².